The van der Waals surface area contributed by atoms with Gasteiger partial charge in [0.15, 0.2) is 0 Å². The molecule has 0 radical (unpaired) electrons. The molecule has 1 aromatic rings. The van der Waals surface area contributed by atoms with Crippen LogP contribution in [0.15, 0.2) is 37.1 Å². The number of hydrogen-bond donors (Lipinski definition) is 0. The molecular weight excluding hydrogens is 159 g/mol. The minimum Gasteiger partial charge on any atom is -0.466 e. The molecule has 0 aliphatic carbocycles. The Morgan fingerprint density at radius 2 is 1.83 bits per heavy atom. The smallest absolute Gasteiger partial charge is 0.228 e. The van der Waals surface area contributed by atoms with Gasteiger partial charge in [-0.1, -0.05) is 6.58 Å². The third-order valence-corrected chi connectivity index (χ3v) is 1.26. The summed E-state index contributed by atoms with van der Waals surface area (Å²) in [5.41, 5.74) is 0. The molecule has 0 aliphatic rings. The SMILES string of the molecule is C=COc1ccc(OCF)cc1. The molecule has 0 aliphatic heterocycles. The highest BCUT2D eigenvalue weighted by Gasteiger charge is 1.93. The molecule has 0 N–H and O–H groups in total. The highest BCUT2D eigenvalue weighted by Crippen LogP contribution is 2.17. The van der Waals surface area contributed by atoms with Gasteiger partial charge in [-0.2, -0.15) is 0 Å². The van der Waals surface area contributed by atoms with E-state index in [-0.39, 0.29) is 0 Å². The van der Waals surface area contributed by atoms with Crippen LogP contribution in [0.25, 0.3) is 0 Å². The van der Waals surface area contributed by atoms with E-state index >= 15 is 0 Å². The number of alkyl halides is 1. The molecule has 0 amide bonds. The van der Waals surface area contributed by atoms with Crippen LogP contribution < -0.4 is 9.47 Å². The molecule has 1 rings (SSSR count). The number of halogens is 1. The summed E-state index contributed by atoms with van der Waals surface area (Å²) in [6.07, 6.45) is 1.32. The standard InChI is InChI=1S/C9H9FO2/c1-2-11-8-3-5-9(6-4-8)12-7-10/h2-6H,1,7H2. The van der Waals surface area contributed by atoms with Crippen molar-refractivity contribution in [2.45, 2.75) is 0 Å². The minimum atomic E-state index is -0.818. The first kappa shape index (κ1) is 8.59. The number of benzene rings is 1. The minimum absolute atomic E-state index is 0.480. The Morgan fingerprint density at radius 1 is 1.25 bits per heavy atom. The van der Waals surface area contributed by atoms with Gasteiger partial charge in [0.2, 0.25) is 6.86 Å². The van der Waals surface area contributed by atoms with E-state index < -0.39 is 6.86 Å². The van der Waals surface area contributed by atoms with Crippen LogP contribution in [0.2, 0.25) is 0 Å². The maximum Gasteiger partial charge on any atom is 0.228 e. The van der Waals surface area contributed by atoms with Gasteiger partial charge in [-0.15, -0.1) is 0 Å². The monoisotopic (exact) mass is 168 g/mol. The number of rotatable bonds is 4. The summed E-state index contributed by atoms with van der Waals surface area (Å²) in [5, 5.41) is 0. The predicted molar refractivity (Wildman–Crippen MR) is 43.9 cm³/mol. The Morgan fingerprint density at radius 3 is 2.33 bits per heavy atom. The average Bonchev–Trinajstić information content (AvgIpc) is 2.09. The second-order valence-electron chi connectivity index (χ2n) is 2.01. The van der Waals surface area contributed by atoms with Gasteiger partial charge in [0, 0.05) is 0 Å². The van der Waals surface area contributed by atoms with Crippen molar-refractivity contribution in [1.82, 2.24) is 0 Å². The Kier molecular flexibility index (Phi) is 3.14. The molecule has 0 saturated heterocycles. The lowest BCUT2D eigenvalue weighted by Gasteiger charge is -2.02. The van der Waals surface area contributed by atoms with Crippen LogP contribution in [0.1, 0.15) is 0 Å². The normalized spacial score (nSPS) is 9.08. The van der Waals surface area contributed by atoms with Crippen molar-refractivity contribution in [3.8, 4) is 11.5 Å². The van der Waals surface area contributed by atoms with Crippen molar-refractivity contribution >= 4 is 0 Å². The average molecular weight is 168 g/mol. The van der Waals surface area contributed by atoms with E-state index in [9.17, 15) is 4.39 Å². The molecule has 1 aromatic carbocycles. The van der Waals surface area contributed by atoms with Crippen molar-refractivity contribution in [2.75, 3.05) is 6.86 Å². The fraction of sp³-hybridized carbons (Fsp3) is 0.111. The van der Waals surface area contributed by atoms with Crippen molar-refractivity contribution in [3.63, 3.8) is 0 Å². The molecule has 3 heteroatoms. The van der Waals surface area contributed by atoms with Crippen molar-refractivity contribution in [1.29, 1.82) is 0 Å². The van der Waals surface area contributed by atoms with Crippen LogP contribution in [0.5, 0.6) is 11.5 Å². The third-order valence-electron chi connectivity index (χ3n) is 1.26. The largest absolute Gasteiger partial charge is 0.466 e. The van der Waals surface area contributed by atoms with Gasteiger partial charge in [0.05, 0.1) is 6.26 Å². The zero-order chi connectivity index (χ0) is 8.81. The second-order valence-corrected chi connectivity index (χ2v) is 2.01. The fourth-order valence-electron chi connectivity index (χ4n) is 0.774. The summed E-state index contributed by atoms with van der Waals surface area (Å²) >= 11 is 0. The van der Waals surface area contributed by atoms with Gasteiger partial charge in [0.25, 0.3) is 0 Å². The predicted octanol–water partition coefficient (Wildman–Crippen LogP) is 2.51. The van der Waals surface area contributed by atoms with E-state index in [2.05, 4.69) is 11.3 Å². The first-order chi connectivity index (χ1) is 5.86. The molecule has 0 atom stereocenters. The lowest BCUT2D eigenvalue weighted by molar-refractivity contribution is 0.191. The Bertz CT molecular complexity index is 243. The molecule has 0 aromatic heterocycles. The molecule has 64 valence electrons. The molecule has 12 heavy (non-hydrogen) atoms. The second kappa shape index (κ2) is 4.38. The van der Waals surface area contributed by atoms with Crippen molar-refractivity contribution < 1.29 is 13.9 Å². The molecule has 0 saturated carbocycles. The summed E-state index contributed by atoms with van der Waals surface area (Å²) < 4.78 is 21.2. The van der Waals surface area contributed by atoms with Crippen LogP contribution >= 0.6 is 0 Å². The third kappa shape index (κ3) is 2.27. The topological polar surface area (TPSA) is 18.5 Å². The maximum absolute atomic E-state index is 11.7. The lowest BCUT2D eigenvalue weighted by Crippen LogP contribution is -1.89. The van der Waals surface area contributed by atoms with Gasteiger partial charge >= 0.3 is 0 Å². The molecule has 0 spiro atoms. The molecule has 2 nitrogen and oxygen atoms in total. The van der Waals surface area contributed by atoms with E-state index in [1.54, 1.807) is 24.3 Å². The summed E-state index contributed by atoms with van der Waals surface area (Å²) in [4.78, 5) is 0. The maximum atomic E-state index is 11.7. The lowest BCUT2D eigenvalue weighted by atomic mass is 10.3. The van der Waals surface area contributed by atoms with E-state index in [1.165, 1.54) is 6.26 Å². The first-order valence-electron chi connectivity index (χ1n) is 3.43. The highest BCUT2D eigenvalue weighted by atomic mass is 19.1. The van der Waals surface area contributed by atoms with Crippen LogP contribution in [-0.2, 0) is 0 Å². The molecule has 0 heterocycles. The van der Waals surface area contributed by atoms with Crippen LogP contribution in [0.3, 0.4) is 0 Å². The summed E-state index contributed by atoms with van der Waals surface area (Å²) in [5.74, 6) is 1.13. The summed E-state index contributed by atoms with van der Waals surface area (Å²) in [6, 6.07) is 6.59. The zero-order valence-electron chi connectivity index (χ0n) is 6.50. The number of ether oxygens (including phenoxy) is 2. The van der Waals surface area contributed by atoms with E-state index in [0.29, 0.717) is 11.5 Å². The molecule has 0 unspecified atom stereocenters. The van der Waals surface area contributed by atoms with E-state index in [4.69, 9.17) is 4.74 Å². The Labute approximate surface area is 70.2 Å². The van der Waals surface area contributed by atoms with E-state index in [1.807, 2.05) is 0 Å². The van der Waals surface area contributed by atoms with Gasteiger partial charge in [-0.25, -0.2) is 4.39 Å². The Hall–Kier alpha value is -1.51. The summed E-state index contributed by atoms with van der Waals surface area (Å²) in [7, 11) is 0. The van der Waals surface area contributed by atoms with Gasteiger partial charge in [0.1, 0.15) is 11.5 Å². The van der Waals surface area contributed by atoms with Gasteiger partial charge in [-0.3, -0.25) is 0 Å². The summed E-state index contributed by atoms with van der Waals surface area (Å²) in [6.45, 7) is 2.58. The molecular formula is C9H9FO2. The van der Waals surface area contributed by atoms with E-state index in [0.717, 1.165) is 0 Å². The first-order valence-corrected chi connectivity index (χ1v) is 3.43. The zero-order valence-corrected chi connectivity index (χ0v) is 6.50. The quantitative estimate of drug-likeness (QED) is 0.643. The van der Waals surface area contributed by atoms with Gasteiger partial charge < -0.3 is 9.47 Å². The van der Waals surface area contributed by atoms with Crippen LogP contribution in [-0.4, -0.2) is 6.86 Å². The number of hydrogen-bond acceptors (Lipinski definition) is 2. The van der Waals surface area contributed by atoms with Crippen molar-refractivity contribution in [3.05, 3.63) is 37.1 Å². The Balaban J connectivity index is 2.64. The molecule has 0 bridgehead atoms. The van der Waals surface area contributed by atoms with Crippen LogP contribution in [0, 0.1) is 0 Å². The van der Waals surface area contributed by atoms with Gasteiger partial charge in [-0.05, 0) is 24.3 Å². The molecule has 0 fully saturated rings. The van der Waals surface area contributed by atoms with Crippen molar-refractivity contribution in [2.24, 2.45) is 0 Å². The highest BCUT2D eigenvalue weighted by molar-refractivity contribution is 5.31. The van der Waals surface area contributed by atoms with Crippen LogP contribution in [0.4, 0.5) is 4.39 Å². The fourth-order valence-corrected chi connectivity index (χ4v) is 0.774.